The summed E-state index contributed by atoms with van der Waals surface area (Å²) in [6, 6.07) is 5.98. The number of likely N-dealkylation sites (tertiary alicyclic amines) is 1. The van der Waals surface area contributed by atoms with E-state index in [0.29, 0.717) is 12.8 Å². The number of ether oxygens (including phenoxy) is 2. The molecule has 2 N–H and O–H groups in total. The highest BCUT2D eigenvalue weighted by molar-refractivity contribution is 5.85. The molecule has 1 aromatic rings. The van der Waals surface area contributed by atoms with Crippen molar-refractivity contribution < 1.29 is 14.3 Å². The molecule has 136 valence electrons. The second-order valence-electron chi connectivity index (χ2n) is 6.15. The summed E-state index contributed by atoms with van der Waals surface area (Å²) in [5, 5.41) is 6.46. The summed E-state index contributed by atoms with van der Waals surface area (Å²) in [4.78, 5) is 18.4. The number of nitrogens with one attached hydrogen (secondary N) is 2. The van der Waals surface area contributed by atoms with Crippen LogP contribution in [0, 0.1) is 0 Å². The van der Waals surface area contributed by atoms with Gasteiger partial charge in [0.05, 0.1) is 0 Å². The van der Waals surface area contributed by atoms with Gasteiger partial charge in [-0.05, 0) is 43.9 Å². The van der Waals surface area contributed by atoms with Gasteiger partial charge in [-0.15, -0.1) is 0 Å². The van der Waals surface area contributed by atoms with E-state index in [1.54, 1.807) is 0 Å². The zero-order valence-electron chi connectivity index (χ0n) is 14.7. The quantitative estimate of drug-likeness (QED) is 0.597. The number of carbonyl (C=O) groups is 1. The van der Waals surface area contributed by atoms with Crippen molar-refractivity contribution in [3.8, 4) is 11.5 Å². The Kier molecular flexibility index (Phi) is 5.98. The zero-order valence-corrected chi connectivity index (χ0v) is 14.7. The summed E-state index contributed by atoms with van der Waals surface area (Å²) in [5.41, 5.74) is 1.17. The molecule has 0 spiro atoms. The average molecular weight is 346 g/mol. The first-order chi connectivity index (χ1) is 12.3. The third-order valence-electron chi connectivity index (χ3n) is 4.32. The fraction of sp³-hybridized carbons (Fsp3) is 0.556. The number of amides is 1. The molecule has 0 unspecified atom stereocenters. The first-order valence-corrected chi connectivity index (χ1v) is 8.94. The molecule has 0 atom stereocenters. The molecule has 1 saturated heterocycles. The van der Waals surface area contributed by atoms with Gasteiger partial charge < -0.3 is 25.0 Å². The maximum absolute atomic E-state index is 12.1. The first kappa shape index (κ1) is 17.4. The molecule has 7 nitrogen and oxygen atoms in total. The van der Waals surface area contributed by atoms with E-state index in [1.165, 1.54) is 5.56 Å². The third kappa shape index (κ3) is 4.78. The normalized spacial score (nSPS) is 16.2. The van der Waals surface area contributed by atoms with Crippen LogP contribution in [0.15, 0.2) is 23.2 Å². The van der Waals surface area contributed by atoms with Crippen LogP contribution in [0.25, 0.3) is 0 Å². The second-order valence-corrected chi connectivity index (χ2v) is 6.15. The molecule has 2 aliphatic heterocycles. The van der Waals surface area contributed by atoms with Crippen molar-refractivity contribution in [2.24, 2.45) is 4.99 Å². The molecule has 0 aromatic heterocycles. The molecule has 2 aliphatic rings. The molecule has 3 rings (SSSR count). The molecule has 25 heavy (non-hydrogen) atoms. The fourth-order valence-corrected chi connectivity index (χ4v) is 2.98. The van der Waals surface area contributed by atoms with Gasteiger partial charge in [-0.3, -0.25) is 4.79 Å². The van der Waals surface area contributed by atoms with E-state index in [-0.39, 0.29) is 12.5 Å². The van der Waals surface area contributed by atoms with Crippen LogP contribution in [0.3, 0.4) is 0 Å². The number of benzene rings is 1. The highest BCUT2D eigenvalue weighted by Gasteiger charge is 2.17. The van der Waals surface area contributed by atoms with Gasteiger partial charge in [0.2, 0.25) is 12.7 Å². The van der Waals surface area contributed by atoms with Gasteiger partial charge >= 0.3 is 0 Å². The van der Waals surface area contributed by atoms with Crippen LogP contribution >= 0.6 is 0 Å². The Morgan fingerprint density at radius 3 is 2.80 bits per heavy atom. The molecule has 0 saturated carbocycles. The zero-order chi connectivity index (χ0) is 17.5. The Bertz CT molecular complexity index is 627. The number of hydrogen-bond donors (Lipinski definition) is 2. The number of aliphatic imine (C=N–C) groups is 1. The molecule has 0 radical (unpaired) electrons. The number of nitrogens with zero attached hydrogens (tertiary/aromatic N) is 2. The van der Waals surface area contributed by atoms with E-state index < -0.39 is 0 Å². The molecular weight excluding hydrogens is 320 g/mol. The summed E-state index contributed by atoms with van der Waals surface area (Å²) in [6.45, 7) is 5.71. The van der Waals surface area contributed by atoms with Gasteiger partial charge in [-0.1, -0.05) is 6.07 Å². The summed E-state index contributed by atoms with van der Waals surface area (Å²) in [5.74, 6) is 2.38. The van der Waals surface area contributed by atoms with Crippen molar-refractivity contribution in [2.75, 3.05) is 39.5 Å². The first-order valence-electron chi connectivity index (χ1n) is 8.94. The number of carbonyl (C=O) groups excluding carboxylic acids is 1. The van der Waals surface area contributed by atoms with Crippen LogP contribution < -0.4 is 20.1 Å². The van der Waals surface area contributed by atoms with Gasteiger partial charge in [0.15, 0.2) is 17.5 Å². The largest absolute Gasteiger partial charge is 0.454 e. The number of hydrogen-bond acceptors (Lipinski definition) is 4. The van der Waals surface area contributed by atoms with Gasteiger partial charge in [0.1, 0.15) is 6.54 Å². The number of rotatable bonds is 6. The SMILES string of the molecule is CCNC(=NCC(=O)N1CCCC1)NCCc1ccc2c(c1)OCO2. The summed E-state index contributed by atoms with van der Waals surface area (Å²) in [6.07, 6.45) is 3.04. The Hall–Kier alpha value is -2.44. The minimum Gasteiger partial charge on any atom is -0.454 e. The van der Waals surface area contributed by atoms with E-state index in [0.717, 1.165) is 56.9 Å². The summed E-state index contributed by atoms with van der Waals surface area (Å²) < 4.78 is 10.7. The van der Waals surface area contributed by atoms with Crippen LogP contribution in [0.5, 0.6) is 11.5 Å². The molecule has 7 heteroatoms. The maximum Gasteiger partial charge on any atom is 0.244 e. The molecule has 2 heterocycles. The predicted octanol–water partition coefficient (Wildman–Crippen LogP) is 1.14. The summed E-state index contributed by atoms with van der Waals surface area (Å²) >= 11 is 0. The van der Waals surface area contributed by atoms with Crippen LogP contribution in [-0.4, -0.2) is 56.3 Å². The van der Waals surface area contributed by atoms with E-state index >= 15 is 0 Å². The Morgan fingerprint density at radius 2 is 2.00 bits per heavy atom. The van der Waals surface area contributed by atoms with Crippen molar-refractivity contribution in [1.82, 2.24) is 15.5 Å². The Balaban J connectivity index is 1.47. The van der Waals surface area contributed by atoms with Gasteiger partial charge in [0.25, 0.3) is 0 Å². The standard InChI is InChI=1S/C18H26N4O3/c1-2-19-18(21-12-17(23)22-9-3-4-10-22)20-8-7-14-5-6-15-16(11-14)25-13-24-15/h5-6,11H,2-4,7-10,12-13H2,1H3,(H2,19,20,21). The second kappa shape index (κ2) is 8.60. The van der Waals surface area contributed by atoms with E-state index in [1.807, 2.05) is 30.0 Å². The van der Waals surface area contributed by atoms with E-state index in [2.05, 4.69) is 15.6 Å². The highest BCUT2D eigenvalue weighted by atomic mass is 16.7. The smallest absolute Gasteiger partial charge is 0.244 e. The third-order valence-corrected chi connectivity index (χ3v) is 4.32. The Labute approximate surface area is 148 Å². The van der Waals surface area contributed by atoms with Gasteiger partial charge in [-0.2, -0.15) is 0 Å². The van der Waals surface area contributed by atoms with Crippen molar-refractivity contribution >= 4 is 11.9 Å². The number of fused-ring (bicyclic) bond motifs is 1. The highest BCUT2D eigenvalue weighted by Crippen LogP contribution is 2.32. The van der Waals surface area contributed by atoms with Crippen molar-refractivity contribution in [1.29, 1.82) is 0 Å². The maximum atomic E-state index is 12.1. The lowest BCUT2D eigenvalue weighted by Gasteiger charge is -2.15. The predicted molar refractivity (Wildman–Crippen MR) is 96.1 cm³/mol. The lowest BCUT2D eigenvalue weighted by atomic mass is 10.1. The minimum absolute atomic E-state index is 0.102. The molecule has 1 amide bonds. The van der Waals surface area contributed by atoms with Crippen LogP contribution in [0.1, 0.15) is 25.3 Å². The molecule has 1 fully saturated rings. The van der Waals surface area contributed by atoms with Crippen LogP contribution in [0.2, 0.25) is 0 Å². The molecule has 0 aliphatic carbocycles. The van der Waals surface area contributed by atoms with Gasteiger partial charge in [-0.25, -0.2) is 4.99 Å². The van der Waals surface area contributed by atoms with Gasteiger partial charge in [0, 0.05) is 26.2 Å². The topological polar surface area (TPSA) is 75.2 Å². The lowest BCUT2D eigenvalue weighted by molar-refractivity contribution is -0.128. The monoisotopic (exact) mass is 346 g/mol. The Morgan fingerprint density at radius 1 is 1.20 bits per heavy atom. The summed E-state index contributed by atoms with van der Waals surface area (Å²) in [7, 11) is 0. The molecule has 0 bridgehead atoms. The number of guanidine groups is 1. The fourth-order valence-electron chi connectivity index (χ4n) is 2.98. The minimum atomic E-state index is 0.102. The van der Waals surface area contributed by atoms with Crippen LogP contribution in [0.4, 0.5) is 0 Å². The van der Waals surface area contributed by atoms with Crippen LogP contribution in [-0.2, 0) is 11.2 Å². The van der Waals surface area contributed by atoms with E-state index in [9.17, 15) is 4.79 Å². The van der Waals surface area contributed by atoms with Crippen molar-refractivity contribution in [3.63, 3.8) is 0 Å². The molecular formula is C18H26N4O3. The average Bonchev–Trinajstić information content (AvgIpc) is 3.30. The van der Waals surface area contributed by atoms with E-state index in [4.69, 9.17) is 9.47 Å². The van der Waals surface area contributed by atoms with Crippen molar-refractivity contribution in [2.45, 2.75) is 26.2 Å². The molecule has 1 aromatic carbocycles. The lowest BCUT2D eigenvalue weighted by Crippen LogP contribution is -2.39. The van der Waals surface area contributed by atoms with Crippen molar-refractivity contribution in [3.05, 3.63) is 23.8 Å².